The van der Waals surface area contributed by atoms with Crippen LogP contribution < -0.4 is 10.6 Å². The van der Waals surface area contributed by atoms with E-state index in [0.717, 1.165) is 22.5 Å². The van der Waals surface area contributed by atoms with Gasteiger partial charge in [0.1, 0.15) is 0 Å². The lowest BCUT2D eigenvalue weighted by atomic mass is 10.2. The summed E-state index contributed by atoms with van der Waals surface area (Å²) in [6.45, 7) is 1.10. The fourth-order valence-corrected chi connectivity index (χ4v) is 2.46. The van der Waals surface area contributed by atoms with Gasteiger partial charge in [-0.15, -0.1) is 0 Å². The summed E-state index contributed by atoms with van der Waals surface area (Å²) in [4.78, 5) is 21.8. The van der Waals surface area contributed by atoms with E-state index in [1.807, 2.05) is 30.3 Å². The maximum atomic E-state index is 11.6. The highest BCUT2D eigenvalue weighted by Gasteiger charge is 2.09. The first-order chi connectivity index (χ1) is 10.1. The molecule has 2 rings (SSSR count). The number of carbonyl (C=O) groups excluding carboxylic acids is 1. The summed E-state index contributed by atoms with van der Waals surface area (Å²) in [5, 5.41) is 18.1. The minimum absolute atomic E-state index is 0.108. The summed E-state index contributed by atoms with van der Waals surface area (Å²) < 4.78 is 0. The van der Waals surface area contributed by atoms with Crippen molar-refractivity contribution in [2.75, 3.05) is 6.54 Å². The van der Waals surface area contributed by atoms with Crippen LogP contribution >= 0.6 is 11.3 Å². The SMILES string of the molecule is O=C(CNCc1csc([N+](=O)[O-])c1)NCc1ccccc1. The Labute approximate surface area is 126 Å². The highest BCUT2D eigenvalue weighted by molar-refractivity contribution is 7.13. The fourth-order valence-electron chi connectivity index (χ4n) is 1.73. The van der Waals surface area contributed by atoms with Crippen molar-refractivity contribution in [3.63, 3.8) is 0 Å². The van der Waals surface area contributed by atoms with Crippen LogP contribution in [0.3, 0.4) is 0 Å². The quantitative estimate of drug-likeness (QED) is 0.606. The number of benzene rings is 1. The summed E-state index contributed by atoms with van der Waals surface area (Å²) >= 11 is 1.08. The largest absolute Gasteiger partial charge is 0.351 e. The van der Waals surface area contributed by atoms with Crippen LogP contribution in [0.4, 0.5) is 5.00 Å². The van der Waals surface area contributed by atoms with E-state index in [1.54, 1.807) is 5.38 Å². The molecular weight excluding hydrogens is 290 g/mol. The first-order valence-electron chi connectivity index (χ1n) is 6.38. The van der Waals surface area contributed by atoms with Crippen molar-refractivity contribution in [1.82, 2.24) is 10.6 Å². The van der Waals surface area contributed by atoms with Gasteiger partial charge in [-0.1, -0.05) is 41.7 Å². The van der Waals surface area contributed by atoms with Crippen LogP contribution in [0.1, 0.15) is 11.1 Å². The van der Waals surface area contributed by atoms with Gasteiger partial charge in [0, 0.05) is 24.5 Å². The Balaban J connectivity index is 1.68. The Morgan fingerprint density at radius 1 is 1.19 bits per heavy atom. The molecule has 0 aliphatic rings. The second-order valence-corrected chi connectivity index (χ2v) is 5.31. The first-order valence-corrected chi connectivity index (χ1v) is 7.26. The minimum Gasteiger partial charge on any atom is -0.351 e. The predicted octanol–water partition coefficient (Wildman–Crippen LogP) is 2.06. The number of hydrogen-bond acceptors (Lipinski definition) is 5. The van der Waals surface area contributed by atoms with E-state index in [2.05, 4.69) is 10.6 Å². The summed E-state index contributed by atoms with van der Waals surface area (Å²) in [5.41, 5.74) is 1.85. The molecule has 1 aromatic carbocycles. The zero-order valence-corrected chi connectivity index (χ0v) is 12.1. The molecule has 0 unspecified atom stereocenters. The number of carbonyl (C=O) groups is 1. The van der Waals surface area contributed by atoms with Crippen molar-refractivity contribution in [1.29, 1.82) is 0 Å². The molecule has 21 heavy (non-hydrogen) atoms. The van der Waals surface area contributed by atoms with E-state index in [-0.39, 0.29) is 17.5 Å². The second kappa shape index (κ2) is 7.51. The topological polar surface area (TPSA) is 84.3 Å². The molecule has 0 saturated heterocycles. The number of thiophene rings is 1. The van der Waals surface area contributed by atoms with Gasteiger partial charge in [0.25, 0.3) is 0 Å². The Bertz CT molecular complexity index is 613. The lowest BCUT2D eigenvalue weighted by molar-refractivity contribution is -0.380. The van der Waals surface area contributed by atoms with Gasteiger partial charge >= 0.3 is 5.00 Å². The van der Waals surface area contributed by atoms with Gasteiger partial charge in [-0.2, -0.15) is 0 Å². The lowest BCUT2D eigenvalue weighted by Gasteiger charge is -2.06. The third kappa shape index (κ3) is 4.97. The molecule has 1 amide bonds. The number of amides is 1. The maximum absolute atomic E-state index is 11.6. The molecule has 7 heteroatoms. The minimum atomic E-state index is -0.416. The maximum Gasteiger partial charge on any atom is 0.324 e. The van der Waals surface area contributed by atoms with Crippen LogP contribution in [0.25, 0.3) is 0 Å². The Kier molecular flexibility index (Phi) is 5.42. The average Bonchev–Trinajstić information content (AvgIpc) is 2.95. The number of rotatable bonds is 7. The van der Waals surface area contributed by atoms with Gasteiger partial charge in [-0.25, -0.2) is 0 Å². The molecule has 2 N–H and O–H groups in total. The van der Waals surface area contributed by atoms with E-state index in [1.165, 1.54) is 6.07 Å². The van der Waals surface area contributed by atoms with E-state index in [4.69, 9.17) is 0 Å². The molecule has 0 spiro atoms. The Morgan fingerprint density at radius 2 is 1.95 bits per heavy atom. The second-order valence-electron chi connectivity index (χ2n) is 4.42. The highest BCUT2D eigenvalue weighted by Crippen LogP contribution is 2.22. The van der Waals surface area contributed by atoms with Gasteiger partial charge in [-0.05, 0) is 11.1 Å². The van der Waals surface area contributed by atoms with Crippen LogP contribution in [0.2, 0.25) is 0 Å². The van der Waals surface area contributed by atoms with E-state index >= 15 is 0 Å². The van der Waals surface area contributed by atoms with Crippen molar-refractivity contribution in [2.45, 2.75) is 13.1 Å². The van der Waals surface area contributed by atoms with Crippen molar-refractivity contribution >= 4 is 22.2 Å². The molecule has 6 nitrogen and oxygen atoms in total. The monoisotopic (exact) mass is 305 g/mol. The molecule has 1 aromatic heterocycles. The van der Waals surface area contributed by atoms with Crippen molar-refractivity contribution < 1.29 is 9.72 Å². The molecule has 0 aliphatic carbocycles. The number of nitrogens with zero attached hydrogens (tertiary/aromatic N) is 1. The lowest BCUT2D eigenvalue weighted by Crippen LogP contribution is -2.33. The van der Waals surface area contributed by atoms with Crippen molar-refractivity contribution in [3.8, 4) is 0 Å². The predicted molar refractivity (Wildman–Crippen MR) is 81.0 cm³/mol. The fraction of sp³-hybridized carbons (Fsp3) is 0.214. The van der Waals surface area contributed by atoms with Crippen molar-refractivity contribution in [3.05, 3.63) is 63.0 Å². The molecule has 0 fully saturated rings. The third-order valence-corrected chi connectivity index (χ3v) is 3.70. The summed E-state index contributed by atoms with van der Waals surface area (Å²) in [6.07, 6.45) is 0. The standard InChI is InChI=1S/C14H15N3O3S/c18-13(16-8-11-4-2-1-3-5-11)9-15-7-12-6-14(17(19)20)21-10-12/h1-6,10,15H,7-9H2,(H,16,18). The molecule has 0 radical (unpaired) electrons. The van der Waals surface area contributed by atoms with Crippen molar-refractivity contribution in [2.24, 2.45) is 0 Å². The molecule has 0 saturated carbocycles. The molecule has 0 aliphatic heterocycles. The Morgan fingerprint density at radius 3 is 2.62 bits per heavy atom. The van der Waals surface area contributed by atoms with Gasteiger partial charge in [0.05, 0.1) is 11.5 Å². The van der Waals surface area contributed by atoms with Gasteiger partial charge in [0.15, 0.2) is 0 Å². The molecule has 1 heterocycles. The number of hydrogen-bond donors (Lipinski definition) is 2. The first kappa shape index (κ1) is 15.1. The van der Waals surface area contributed by atoms with Crippen LogP contribution in [0, 0.1) is 10.1 Å². The van der Waals surface area contributed by atoms with Crippen LogP contribution in [0.5, 0.6) is 0 Å². The molecule has 0 atom stereocenters. The average molecular weight is 305 g/mol. The number of nitrogens with one attached hydrogen (secondary N) is 2. The van der Waals surface area contributed by atoms with Crippen LogP contribution in [-0.2, 0) is 17.9 Å². The van der Waals surface area contributed by atoms with Gasteiger partial charge < -0.3 is 10.6 Å². The molecule has 0 bridgehead atoms. The number of nitro groups is 1. The zero-order chi connectivity index (χ0) is 15.1. The summed E-state index contributed by atoms with van der Waals surface area (Å²) in [5.74, 6) is -0.108. The molecule has 2 aromatic rings. The third-order valence-electron chi connectivity index (χ3n) is 2.77. The molecule has 110 valence electrons. The summed E-state index contributed by atoms with van der Waals surface area (Å²) in [6, 6.07) is 11.2. The summed E-state index contributed by atoms with van der Waals surface area (Å²) in [7, 11) is 0. The zero-order valence-electron chi connectivity index (χ0n) is 11.2. The molecular formula is C14H15N3O3S. The van der Waals surface area contributed by atoms with Crippen LogP contribution in [0.15, 0.2) is 41.8 Å². The normalized spacial score (nSPS) is 10.3. The van der Waals surface area contributed by atoms with Gasteiger partial charge in [0.2, 0.25) is 5.91 Å². The van der Waals surface area contributed by atoms with E-state index in [9.17, 15) is 14.9 Å². The van der Waals surface area contributed by atoms with E-state index in [0.29, 0.717) is 13.1 Å². The Hall–Kier alpha value is -2.25. The van der Waals surface area contributed by atoms with Crippen LogP contribution in [-0.4, -0.2) is 17.4 Å². The van der Waals surface area contributed by atoms with E-state index < -0.39 is 4.92 Å². The smallest absolute Gasteiger partial charge is 0.324 e. The highest BCUT2D eigenvalue weighted by atomic mass is 32.1. The van der Waals surface area contributed by atoms with Gasteiger partial charge in [-0.3, -0.25) is 14.9 Å².